The highest BCUT2D eigenvalue weighted by Crippen LogP contribution is 2.41. The van der Waals surface area contributed by atoms with Gasteiger partial charge in [0.2, 0.25) is 0 Å². The summed E-state index contributed by atoms with van der Waals surface area (Å²) in [5.41, 5.74) is 7.27. The summed E-state index contributed by atoms with van der Waals surface area (Å²) in [5.74, 6) is 0.646. The Hall–Kier alpha value is -5.17. The molecule has 0 aliphatic carbocycles. The summed E-state index contributed by atoms with van der Waals surface area (Å²) in [6, 6.07) is 27.5. The maximum Gasteiger partial charge on any atom is 0.251 e. The minimum Gasteiger partial charge on any atom is -0.496 e. The van der Waals surface area contributed by atoms with Crippen LogP contribution in [0.4, 0.5) is 5.69 Å². The van der Waals surface area contributed by atoms with E-state index in [1.807, 2.05) is 91.3 Å². The number of ether oxygens (including phenoxy) is 1. The molecule has 0 aliphatic rings. The quantitative estimate of drug-likeness (QED) is 0.208. The first-order valence-electron chi connectivity index (χ1n) is 12.8. The van der Waals surface area contributed by atoms with Gasteiger partial charge in [-0.05, 0) is 60.2 Å². The van der Waals surface area contributed by atoms with Crippen LogP contribution >= 0.6 is 0 Å². The molecule has 0 radical (unpaired) electrons. The number of rotatable bonds is 8. The van der Waals surface area contributed by atoms with Crippen LogP contribution in [-0.4, -0.2) is 41.1 Å². The summed E-state index contributed by atoms with van der Waals surface area (Å²) in [4.78, 5) is 25.1. The van der Waals surface area contributed by atoms with Gasteiger partial charge < -0.3 is 20.4 Å². The number of nitrogens with one attached hydrogen (secondary N) is 3. The number of H-pyrrole nitrogens is 1. The molecule has 7 nitrogen and oxygen atoms in total. The second-order valence-electron chi connectivity index (χ2n) is 9.17. The third-order valence-electron chi connectivity index (χ3n) is 6.74. The molecule has 3 aromatic heterocycles. The normalized spacial score (nSPS) is 11.0. The van der Waals surface area contributed by atoms with E-state index in [1.54, 1.807) is 13.3 Å². The van der Waals surface area contributed by atoms with Crippen molar-refractivity contribution in [2.75, 3.05) is 25.5 Å². The number of benzene rings is 3. The molecule has 0 fully saturated rings. The van der Waals surface area contributed by atoms with Crippen LogP contribution in [-0.2, 0) is 0 Å². The highest BCUT2D eigenvalue weighted by Gasteiger charge is 2.17. The van der Waals surface area contributed by atoms with Crippen molar-refractivity contribution >= 4 is 33.4 Å². The molecule has 0 bridgehead atoms. The Labute approximate surface area is 225 Å². The van der Waals surface area contributed by atoms with Crippen LogP contribution in [0.1, 0.15) is 10.4 Å². The van der Waals surface area contributed by atoms with E-state index in [1.165, 1.54) is 0 Å². The van der Waals surface area contributed by atoms with Gasteiger partial charge in [0.25, 0.3) is 5.91 Å². The zero-order valence-corrected chi connectivity index (χ0v) is 21.4. The molecule has 39 heavy (non-hydrogen) atoms. The number of aromatic nitrogens is 3. The molecule has 0 saturated carbocycles. The van der Waals surface area contributed by atoms with Crippen LogP contribution in [0.15, 0.2) is 104 Å². The molecule has 0 aliphatic heterocycles. The first-order chi connectivity index (χ1) is 19.2. The van der Waals surface area contributed by atoms with Gasteiger partial charge in [-0.25, -0.2) is 0 Å². The number of carbonyl (C=O) groups is 1. The van der Waals surface area contributed by atoms with E-state index in [0.29, 0.717) is 18.7 Å². The van der Waals surface area contributed by atoms with Crippen molar-refractivity contribution in [3.05, 3.63) is 109 Å². The molecule has 6 rings (SSSR count). The molecule has 192 valence electrons. The molecule has 7 heteroatoms. The predicted octanol–water partition coefficient (Wildman–Crippen LogP) is 6.30. The van der Waals surface area contributed by atoms with E-state index in [9.17, 15) is 4.79 Å². The van der Waals surface area contributed by atoms with Gasteiger partial charge in [-0.2, -0.15) is 0 Å². The highest BCUT2D eigenvalue weighted by atomic mass is 16.5. The zero-order valence-electron chi connectivity index (χ0n) is 21.4. The molecule has 0 saturated heterocycles. The molecule has 0 atom stereocenters. The topological polar surface area (TPSA) is 91.9 Å². The molecule has 0 spiro atoms. The van der Waals surface area contributed by atoms with Crippen LogP contribution in [0, 0.1) is 0 Å². The first kappa shape index (κ1) is 24.2. The average Bonchev–Trinajstić information content (AvgIpc) is 3.38. The number of hydrogen-bond acceptors (Lipinski definition) is 5. The fourth-order valence-electron chi connectivity index (χ4n) is 4.83. The van der Waals surface area contributed by atoms with Gasteiger partial charge in [0, 0.05) is 64.2 Å². The Bertz CT molecular complexity index is 1750. The fourth-order valence-corrected chi connectivity index (χ4v) is 4.83. The molecular weight excluding hydrogens is 486 g/mol. The number of anilines is 1. The maximum absolute atomic E-state index is 12.8. The monoisotopic (exact) mass is 513 g/mol. The highest BCUT2D eigenvalue weighted by molar-refractivity contribution is 6.16. The Kier molecular flexibility index (Phi) is 6.62. The number of carbonyl (C=O) groups excluding carboxylic acids is 1. The summed E-state index contributed by atoms with van der Waals surface area (Å²) < 4.78 is 5.79. The number of hydrogen-bond donors (Lipinski definition) is 3. The number of nitrogens with zero attached hydrogens (tertiary/aromatic N) is 2. The average molecular weight is 514 g/mol. The third-order valence-corrected chi connectivity index (χ3v) is 6.74. The minimum atomic E-state index is -0.110. The Morgan fingerprint density at radius 1 is 0.872 bits per heavy atom. The Balaban J connectivity index is 1.29. The third kappa shape index (κ3) is 4.90. The van der Waals surface area contributed by atoms with Crippen LogP contribution in [0.5, 0.6) is 5.75 Å². The summed E-state index contributed by atoms with van der Waals surface area (Å²) in [6.07, 6.45) is 5.42. The number of amides is 1. The van der Waals surface area contributed by atoms with Crippen LogP contribution in [0.2, 0.25) is 0 Å². The van der Waals surface area contributed by atoms with Crippen LogP contribution in [0.3, 0.4) is 0 Å². The van der Waals surface area contributed by atoms with E-state index in [4.69, 9.17) is 4.74 Å². The summed E-state index contributed by atoms with van der Waals surface area (Å²) in [5, 5.41) is 8.36. The van der Waals surface area contributed by atoms with Crippen molar-refractivity contribution in [1.29, 1.82) is 0 Å². The van der Waals surface area contributed by atoms with Gasteiger partial charge in [-0.1, -0.05) is 30.3 Å². The lowest BCUT2D eigenvalue weighted by Gasteiger charge is -2.12. The Morgan fingerprint density at radius 3 is 2.49 bits per heavy atom. The first-order valence-corrected chi connectivity index (χ1v) is 12.8. The predicted molar refractivity (Wildman–Crippen MR) is 156 cm³/mol. The number of methoxy groups -OCH3 is 1. The van der Waals surface area contributed by atoms with Crippen molar-refractivity contribution in [3.63, 3.8) is 0 Å². The minimum absolute atomic E-state index is 0.110. The number of para-hydroxylation sites is 1. The Morgan fingerprint density at radius 2 is 1.72 bits per heavy atom. The summed E-state index contributed by atoms with van der Waals surface area (Å²) >= 11 is 0. The van der Waals surface area contributed by atoms with Gasteiger partial charge in [0.05, 0.1) is 24.5 Å². The van der Waals surface area contributed by atoms with Gasteiger partial charge in [-0.15, -0.1) is 0 Å². The lowest BCUT2D eigenvalue weighted by Crippen LogP contribution is -2.28. The van der Waals surface area contributed by atoms with Crippen LogP contribution in [0.25, 0.3) is 44.2 Å². The van der Waals surface area contributed by atoms with Crippen molar-refractivity contribution in [2.45, 2.75) is 0 Å². The molecular formula is C32H27N5O2. The smallest absolute Gasteiger partial charge is 0.251 e. The molecule has 1 amide bonds. The van der Waals surface area contributed by atoms with Crippen molar-refractivity contribution < 1.29 is 9.53 Å². The lowest BCUT2D eigenvalue weighted by molar-refractivity contribution is 0.0955. The van der Waals surface area contributed by atoms with Crippen molar-refractivity contribution in [1.82, 2.24) is 20.3 Å². The second-order valence-corrected chi connectivity index (χ2v) is 9.17. The standard InChI is InChI=1S/C32H27N5O2/c1-39-29-14-13-26-31(25-18-27(36-20-28(25)37-26)23-6-5-15-33-19-23)30(29)21-9-11-22(12-10-21)32(38)35-17-16-34-24-7-3-2-4-8-24/h2-15,18-20,34,37H,16-17H2,1H3,(H,35,38). The van der Waals surface area contributed by atoms with Crippen LogP contribution < -0.4 is 15.4 Å². The zero-order chi connectivity index (χ0) is 26.6. The van der Waals surface area contributed by atoms with E-state index in [2.05, 4.69) is 31.7 Å². The number of fused-ring (bicyclic) bond motifs is 3. The number of pyridine rings is 2. The number of aromatic amines is 1. The summed E-state index contributed by atoms with van der Waals surface area (Å²) in [7, 11) is 1.67. The van der Waals surface area contributed by atoms with Gasteiger partial charge in [-0.3, -0.25) is 14.8 Å². The second kappa shape index (κ2) is 10.7. The van der Waals surface area contributed by atoms with Gasteiger partial charge >= 0.3 is 0 Å². The molecule has 6 aromatic rings. The van der Waals surface area contributed by atoms with Gasteiger partial charge in [0.1, 0.15) is 5.75 Å². The largest absolute Gasteiger partial charge is 0.496 e. The molecule has 3 N–H and O–H groups in total. The maximum atomic E-state index is 12.8. The molecule has 3 heterocycles. The van der Waals surface area contributed by atoms with E-state index in [0.717, 1.165) is 55.6 Å². The molecule has 3 aromatic carbocycles. The van der Waals surface area contributed by atoms with E-state index < -0.39 is 0 Å². The van der Waals surface area contributed by atoms with E-state index in [-0.39, 0.29) is 5.91 Å². The van der Waals surface area contributed by atoms with Crippen molar-refractivity contribution in [2.24, 2.45) is 0 Å². The SMILES string of the molecule is COc1ccc2[nH]c3cnc(-c4cccnc4)cc3c2c1-c1ccc(C(=O)NCCNc2ccccc2)cc1. The van der Waals surface area contributed by atoms with Gasteiger partial charge in [0.15, 0.2) is 0 Å². The van der Waals surface area contributed by atoms with Crippen molar-refractivity contribution in [3.8, 4) is 28.1 Å². The molecule has 0 unspecified atom stereocenters. The van der Waals surface area contributed by atoms with E-state index >= 15 is 0 Å². The summed E-state index contributed by atoms with van der Waals surface area (Å²) in [6.45, 7) is 1.16. The lowest BCUT2D eigenvalue weighted by atomic mass is 9.97. The fraction of sp³-hybridized carbons (Fsp3) is 0.0938.